The second kappa shape index (κ2) is 7.54. The number of carbonyl (C=O) groups is 1. The average molecular weight is 337 g/mol. The minimum Gasteiger partial charge on any atom is -0.393 e. The van der Waals surface area contributed by atoms with Gasteiger partial charge in [-0.15, -0.1) is 0 Å². The molecule has 9 heteroatoms. The fraction of sp³-hybridized carbons (Fsp3) is 0.600. The maximum absolute atomic E-state index is 12.1. The number of aliphatic hydroxyl groups excluding tert-OH is 1. The Morgan fingerprint density at radius 2 is 2.21 bits per heavy atom. The van der Waals surface area contributed by atoms with Crippen LogP contribution in [0.1, 0.15) is 39.8 Å². The van der Waals surface area contributed by atoms with E-state index in [1.807, 2.05) is 6.92 Å². The van der Waals surface area contributed by atoms with Crippen LogP contribution in [0.2, 0.25) is 0 Å². The van der Waals surface area contributed by atoms with Crippen molar-refractivity contribution in [1.29, 1.82) is 0 Å². The standard InChI is InChI=1S/C15H23N5O4/c1-5-9(21)6-10(24-4)20-7-16-11-12(20)17-15(19-14(11)23)18-13(22)8(2)3/h7-10,21H,5-6H2,1-4H3,(H2,17,18,19,22,23)/t9-,10?/m1/s1. The molecule has 2 rings (SSSR count). The molecule has 2 aromatic heterocycles. The molecule has 0 saturated carbocycles. The van der Waals surface area contributed by atoms with E-state index in [-0.39, 0.29) is 28.9 Å². The number of ether oxygens (including phenoxy) is 1. The zero-order chi connectivity index (χ0) is 17.9. The Morgan fingerprint density at radius 3 is 2.79 bits per heavy atom. The van der Waals surface area contributed by atoms with Crippen LogP contribution in [0, 0.1) is 5.92 Å². The SMILES string of the molecule is CC[C@@H](O)CC(OC)n1cnc2c(=O)[nH]c(NC(=O)C(C)C)nc21. The van der Waals surface area contributed by atoms with Crippen molar-refractivity contribution in [3.63, 3.8) is 0 Å². The Bertz CT molecular complexity index is 767. The van der Waals surface area contributed by atoms with E-state index >= 15 is 0 Å². The fourth-order valence-electron chi connectivity index (χ4n) is 2.18. The highest BCUT2D eigenvalue weighted by Crippen LogP contribution is 2.20. The summed E-state index contributed by atoms with van der Waals surface area (Å²) in [6, 6.07) is 0. The summed E-state index contributed by atoms with van der Waals surface area (Å²) in [4.78, 5) is 34.8. The van der Waals surface area contributed by atoms with Gasteiger partial charge in [-0.25, -0.2) is 4.98 Å². The summed E-state index contributed by atoms with van der Waals surface area (Å²) in [5.74, 6) is -0.450. The first-order valence-electron chi connectivity index (χ1n) is 7.85. The summed E-state index contributed by atoms with van der Waals surface area (Å²) in [5, 5.41) is 12.4. The van der Waals surface area contributed by atoms with Crippen LogP contribution in [0.4, 0.5) is 5.95 Å². The molecule has 2 heterocycles. The predicted molar refractivity (Wildman–Crippen MR) is 88.6 cm³/mol. The monoisotopic (exact) mass is 337 g/mol. The zero-order valence-electron chi connectivity index (χ0n) is 14.2. The Kier molecular flexibility index (Phi) is 5.68. The molecule has 9 nitrogen and oxygen atoms in total. The number of fused-ring (bicyclic) bond motifs is 1. The van der Waals surface area contributed by atoms with Crippen LogP contribution in [-0.4, -0.2) is 43.7 Å². The Balaban J connectivity index is 2.43. The molecule has 0 spiro atoms. The molecule has 2 aromatic rings. The maximum Gasteiger partial charge on any atom is 0.280 e. The van der Waals surface area contributed by atoms with Gasteiger partial charge >= 0.3 is 0 Å². The summed E-state index contributed by atoms with van der Waals surface area (Å²) in [5.41, 5.74) is -0.0257. The molecule has 0 aliphatic heterocycles. The molecule has 132 valence electrons. The number of methoxy groups -OCH3 is 1. The summed E-state index contributed by atoms with van der Waals surface area (Å²) >= 11 is 0. The van der Waals surface area contributed by atoms with Gasteiger partial charge < -0.3 is 9.84 Å². The lowest BCUT2D eigenvalue weighted by molar-refractivity contribution is -0.118. The van der Waals surface area contributed by atoms with E-state index in [2.05, 4.69) is 20.3 Å². The third-order valence-electron chi connectivity index (χ3n) is 3.73. The Hall–Kier alpha value is -2.26. The minimum atomic E-state index is -0.547. The van der Waals surface area contributed by atoms with Gasteiger partial charge in [-0.05, 0) is 6.42 Å². The van der Waals surface area contributed by atoms with Crippen molar-refractivity contribution >= 4 is 23.0 Å². The van der Waals surface area contributed by atoms with Crippen molar-refractivity contribution in [3.05, 3.63) is 16.7 Å². The van der Waals surface area contributed by atoms with Crippen LogP contribution in [-0.2, 0) is 9.53 Å². The number of nitrogens with zero attached hydrogens (tertiary/aromatic N) is 3. The number of H-pyrrole nitrogens is 1. The van der Waals surface area contributed by atoms with Gasteiger partial charge in [-0.2, -0.15) is 4.98 Å². The first kappa shape index (κ1) is 18.1. The van der Waals surface area contributed by atoms with Gasteiger partial charge in [0.1, 0.15) is 6.23 Å². The number of carbonyl (C=O) groups excluding carboxylic acids is 1. The van der Waals surface area contributed by atoms with Gasteiger partial charge in [0.25, 0.3) is 5.56 Å². The maximum atomic E-state index is 12.1. The lowest BCUT2D eigenvalue weighted by atomic mass is 10.2. The largest absolute Gasteiger partial charge is 0.393 e. The van der Waals surface area contributed by atoms with Gasteiger partial charge in [-0.1, -0.05) is 20.8 Å². The van der Waals surface area contributed by atoms with E-state index in [4.69, 9.17) is 4.74 Å². The number of anilines is 1. The van der Waals surface area contributed by atoms with Crippen molar-refractivity contribution in [3.8, 4) is 0 Å². The highest BCUT2D eigenvalue weighted by atomic mass is 16.5. The third-order valence-corrected chi connectivity index (χ3v) is 3.73. The van der Waals surface area contributed by atoms with Crippen LogP contribution in [0.15, 0.2) is 11.1 Å². The zero-order valence-corrected chi connectivity index (χ0v) is 14.2. The number of amides is 1. The number of aromatic amines is 1. The van der Waals surface area contributed by atoms with E-state index < -0.39 is 17.9 Å². The van der Waals surface area contributed by atoms with Crippen molar-refractivity contribution in [2.24, 2.45) is 5.92 Å². The second-order valence-electron chi connectivity index (χ2n) is 5.87. The van der Waals surface area contributed by atoms with Crippen molar-refractivity contribution in [2.75, 3.05) is 12.4 Å². The molecule has 3 N–H and O–H groups in total. The normalized spacial score (nSPS) is 14.1. The van der Waals surface area contributed by atoms with Crippen molar-refractivity contribution in [2.45, 2.75) is 45.9 Å². The van der Waals surface area contributed by atoms with Crippen molar-refractivity contribution < 1.29 is 14.6 Å². The van der Waals surface area contributed by atoms with Gasteiger partial charge in [0.05, 0.1) is 12.4 Å². The molecule has 0 saturated heterocycles. The van der Waals surface area contributed by atoms with E-state index in [9.17, 15) is 14.7 Å². The van der Waals surface area contributed by atoms with Crippen LogP contribution >= 0.6 is 0 Å². The van der Waals surface area contributed by atoms with E-state index in [0.29, 0.717) is 12.8 Å². The molecular weight excluding hydrogens is 314 g/mol. The molecular formula is C15H23N5O4. The fourth-order valence-corrected chi connectivity index (χ4v) is 2.18. The van der Waals surface area contributed by atoms with Gasteiger partial charge in [0.15, 0.2) is 11.2 Å². The van der Waals surface area contributed by atoms with E-state index in [0.717, 1.165) is 0 Å². The molecule has 0 fully saturated rings. The van der Waals surface area contributed by atoms with Crippen LogP contribution in [0.3, 0.4) is 0 Å². The van der Waals surface area contributed by atoms with Crippen LogP contribution < -0.4 is 10.9 Å². The lowest BCUT2D eigenvalue weighted by Crippen LogP contribution is -2.23. The van der Waals surface area contributed by atoms with Crippen molar-refractivity contribution in [1.82, 2.24) is 19.5 Å². The summed E-state index contributed by atoms with van der Waals surface area (Å²) in [6.45, 7) is 5.35. The topological polar surface area (TPSA) is 122 Å². The predicted octanol–water partition coefficient (Wildman–Crippen LogP) is 1.02. The van der Waals surface area contributed by atoms with Crippen LogP contribution in [0.5, 0.6) is 0 Å². The van der Waals surface area contributed by atoms with E-state index in [1.54, 1.807) is 18.4 Å². The first-order chi connectivity index (χ1) is 11.4. The summed E-state index contributed by atoms with van der Waals surface area (Å²) < 4.78 is 6.98. The summed E-state index contributed by atoms with van der Waals surface area (Å²) in [7, 11) is 1.51. The Labute approximate surface area is 139 Å². The molecule has 1 unspecified atom stereocenters. The molecule has 2 atom stereocenters. The molecule has 1 amide bonds. The number of aliphatic hydroxyl groups is 1. The van der Waals surface area contributed by atoms with Gasteiger partial charge in [0, 0.05) is 19.4 Å². The Morgan fingerprint density at radius 1 is 1.50 bits per heavy atom. The average Bonchev–Trinajstić information content (AvgIpc) is 2.96. The second-order valence-corrected chi connectivity index (χ2v) is 5.87. The number of aromatic nitrogens is 4. The molecule has 0 bridgehead atoms. The quantitative estimate of drug-likeness (QED) is 0.693. The number of hydrogen-bond acceptors (Lipinski definition) is 6. The molecule has 0 radical (unpaired) electrons. The van der Waals surface area contributed by atoms with Gasteiger partial charge in [0.2, 0.25) is 11.9 Å². The first-order valence-corrected chi connectivity index (χ1v) is 7.85. The van der Waals surface area contributed by atoms with E-state index in [1.165, 1.54) is 13.4 Å². The number of nitrogens with one attached hydrogen (secondary N) is 2. The third kappa shape index (κ3) is 3.80. The smallest absolute Gasteiger partial charge is 0.280 e. The van der Waals surface area contributed by atoms with Gasteiger partial charge in [-0.3, -0.25) is 24.5 Å². The van der Waals surface area contributed by atoms with Crippen LogP contribution in [0.25, 0.3) is 11.2 Å². The number of rotatable bonds is 7. The highest BCUT2D eigenvalue weighted by Gasteiger charge is 2.20. The molecule has 24 heavy (non-hydrogen) atoms. The number of imidazole rings is 1. The number of hydrogen-bond donors (Lipinski definition) is 3. The minimum absolute atomic E-state index is 0.0545. The molecule has 0 aliphatic carbocycles. The molecule has 0 aromatic carbocycles. The highest BCUT2D eigenvalue weighted by molar-refractivity contribution is 5.91. The summed E-state index contributed by atoms with van der Waals surface area (Å²) in [6.07, 6.45) is 1.29. The lowest BCUT2D eigenvalue weighted by Gasteiger charge is -2.20. The molecule has 0 aliphatic rings.